The highest BCUT2D eigenvalue weighted by Crippen LogP contribution is 2.42. The molecule has 1 saturated heterocycles. The van der Waals surface area contributed by atoms with E-state index in [1.54, 1.807) is 36.8 Å². The van der Waals surface area contributed by atoms with Gasteiger partial charge in [0.05, 0.1) is 34.0 Å². The lowest BCUT2D eigenvalue weighted by molar-refractivity contribution is -0.137. The average molecular weight is 438 g/mol. The Balaban J connectivity index is 1.65. The second-order valence-electron chi connectivity index (χ2n) is 8.25. The van der Waals surface area contributed by atoms with E-state index in [2.05, 4.69) is 27.2 Å². The van der Waals surface area contributed by atoms with Crippen LogP contribution in [0.15, 0.2) is 61.1 Å². The summed E-state index contributed by atoms with van der Waals surface area (Å²) in [5, 5.41) is 3.36. The minimum Gasteiger partial charge on any atom is -0.489 e. The van der Waals surface area contributed by atoms with Crippen molar-refractivity contribution in [1.82, 2.24) is 20.3 Å². The van der Waals surface area contributed by atoms with Crippen molar-refractivity contribution in [3.05, 3.63) is 66.6 Å². The minimum atomic E-state index is -4.44. The maximum atomic E-state index is 13.4. The van der Waals surface area contributed by atoms with Gasteiger partial charge in [-0.25, -0.2) is 0 Å². The Morgan fingerprint density at radius 1 is 1.12 bits per heavy atom. The summed E-state index contributed by atoms with van der Waals surface area (Å²) in [5.41, 5.74) is 2.89. The molecule has 8 heteroatoms. The molecular formula is C24H21F3N4O. The van der Waals surface area contributed by atoms with Crippen LogP contribution in [0.2, 0.25) is 0 Å². The van der Waals surface area contributed by atoms with Crippen LogP contribution in [0.1, 0.15) is 18.9 Å². The number of rotatable bonds is 5. The zero-order valence-corrected chi connectivity index (χ0v) is 17.3. The topological polar surface area (TPSA) is 62.8 Å². The summed E-state index contributed by atoms with van der Waals surface area (Å²) in [4.78, 5) is 12.0. The highest BCUT2D eigenvalue weighted by molar-refractivity contribution is 6.02. The summed E-state index contributed by atoms with van der Waals surface area (Å²) in [6.45, 7) is 3.50. The van der Waals surface area contributed by atoms with Crippen LogP contribution < -0.4 is 10.1 Å². The predicted octanol–water partition coefficient (Wildman–Crippen LogP) is 5.44. The van der Waals surface area contributed by atoms with Gasteiger partial charge >= 0.3 is 6.18 Å². The van der Waals surface area contributed by atoms with Crippen molar-refractivity contribution in [3.8, 4) is 28.1 Å². The number of benzene rings is 1. The quantitative estimate of drug-likeness (QED) is 0.436. The molecule has 5 rings (SSSR count). The third-order valence-electron chi connectivity index (χ3n) is 5.86. The highest BCUT2D eigenvalue weighted by atomic mass is 19.4. The van der Waals surface area contributed by atoms with E-state index in [9.17, 15) is 13.2 Å². The number of aromatic amines is 1. The van der Waals surface area contributed by atoms with Crippen LogP contribution >= 0.6 is 0 Å². The van der Waals surface area contributed by atoms with Crippen molar-refractivity contribution in [3.63, 3.8) is 0 Å². The lowest BCUT2D eigenvalue weighted by Gasteiger charge is -2.39. The molecule has 5 nitrogen and oxygen atoms in total. The Bertz CT molecular complexity index is 1280. The fraction of sp³-hybridized carbons (Fsp3) is 0.250. The number of nitrogens with one attached hydrogen (secondary N) is 2. The van der Waals surface area contributed by atoms with Gasteiger partial charge in [-0.1, -0.05) is 12.1 Å². The fourth-order valence-electron chi connectivity index (χ4n) is 3.97. The summed E-state index contributed by atoms with van der Waals surface area (Å²) < 4.78 is 46.3. The van der Waals surface area contributed by atoms with Gasteiger partial charge in [-0.05, 0) is 55.8 Å². The number of alkyl halides is 3. The van der Waals surface area contributed by atoms with Crippen LogP contribution in [0.4, 0.5) is 13.2 Å². The number of ether oxygens (including phenoxy) is 1. The molecular weight excluding hydrogens is 417 g/mol. The van der Waals surface area contributed by atoms with Crippen molar-refractivity contribution in [1.29, 1.82) is 0 Å². The van der Waals surface area contributed by atoms with E-state index in [1.165, 1.54) is 6.07 Å². The maximum Gasteiger partial charge on any atom is 0.416 e. The Morgan fingerprint density at radius 3 is 2.72 bits per heavy atom. The number of H-pyrrole nitrogens is 1. The van der Waals surface area contributed by atoms with Gasteiger partial charge in [-0.3, -0.25) is 9.97 Å². The van der Waals surface area contributed by atoms with Crippen LogP contribution in [0.3, 0.4) is 0 Å². The molecule has 0 amide bonds. The van der Waals surface area contributed by atoms with E-state index in [0.717, 1.165) is 30.6 Å². The number of aromatic nitrogens is 3. The molecule has 0 spiro atoms. The van der Waals surface area contributed by atoms with Crippen LogP contribution in [0, 0.1) is 0 Å². The molecule has 1 aliphatic rings. The minimum absolute atomic E-state index is 0.0982. The van der Waals surface area contributed by atoms with Gasteiger partial charge in [0.25, 0.3) is 0 Å². The van der Waals surface area contributed by atoms with Crippen molar-refractivity contribution in [2.75, 3.05) is 13.2 Å². The molecule has 0 radical (unpaired) electrons. The molecule has 4 heterocycles. The predicted molar refractivity (Wildman–Crippen MR) is 116 cm³/mol. The second kappa shape index (κ2) is 7.63. The van der Waals surface area contributed by atoms with E-state index >= 15 is 0 Å². The van der Waals surface area contributed by atoms with Crippen LogP contribution in [0.25, 0.3) is 33.4 Å². The van der Waals surface area contributed by atoms with E-state index in [-0.39, 0.29) is 5.54 Å². The number of fused-ring (bicyclic) bond motifs is 1. The van der Waals surface area contributed by atoms with Crippen molar-refractivity contribution in [2.24, 2.45) is 0 Å². The number of pyridine rings is 2. The summed E-state index contributed by atoms with van der Waals surface area (Å²) >= 11 is 0. The van der Waals surface area contributed by atoms with Crippen molar-refractivity contribution in [2.45, 2.75) is 25.1 Å². The molecule has 0 saturated carbocycles. The molecule has 0 bridgehead atoms. The molecule has 32 heavy (non-hydrogen) atoms. The van der Waals surface area contributed by atoms with Crippen LogP contribution in [0.5, 0.6) is 5.75 Å². The maximum absolute atomic E-state index is 13.4. The van der Waals surface area contributed by atoms with Gasteiger partial charge in [0, 0.05) is 23.5 Å². The number of hydrogen-bond donors (Lipinski definition) is 2. The third-order valence-corrected chi connectivity index (χ3v) is 5.86. The van der Waals surface area contributed by atoms with Gasteiger partial charge in [-0.15, -0.1) is 0 Å². The lowest BCUT2D eigenvalue weighted by atomic mass is 9.91. The van der Waals surface area contributed by atoms with Crippen LogP contribution in [-0.4, -0.2) is 33.6 Å². The molecule has 0 aliphatic carbocycles. The first-order chi connectivity index (χ1) is 15.3. The summed E-state index contributed by atoms with van der Waals surface area (Å²) in [5.74, 6) is 0.558. The lowest BCUT2D eigenvalue weighted by Crippen LogP contribution is -2.58. The van der Waals surface area contributed by atoms with Crippen molar-refractivity contribution >= 4 is 11.0 Å². The molecule has 164 valence electrons. The summed E-state index contributed by atoms with van der Waals surface area (Å²) in [6, 6.07) is 10.7. The Kier molecular flexibility index (Phi) is 4.89. The Morgan fingerprint density at radius 2 is 1.97 bits per heavy atom. The van der Waals surface area contributed by atoms with Gasteiger partial charge < -0.3 is 15.0 Å². The van der Waals surface area contributed by atoms with E-state index in [0.29, 0.717) is 40.3 Å². The number of halogens is 3. The van der Waals surface area contributed by atoms with E-state index < -0.39 is 11.7 Å². The zero-order valence-electron chi connectivity index (χ0n) is 17.3. The van der Waals surface area contributed by atoms with Gasteiger partial charge in [0.15, 0.2) is 0 Å². The standard InChI is InChI=1S/C24H21F3N4O/c1-23(8-11-30-23)14-32-19-13-28-10-7-17(19)21-20(22-18(31-21)6-3-9-29-22)15-4-2-5-16(12-15)24(25,26)27/h2-7,9-10,12-13,30-31H,8,11,14H2,1H3/t23-/m1/s1. The zero-order chi connectivity index (χ0) is 22.3. The van der Waals surface area contributed by atoms with Gasteiger partial charge in [0.2, 0.25) is 0 Å². The normalized spacial score (nSPS) is 18.5. The Labute approximate surface area is 182 Å². The van der Waals surface area contributed by atoms with Crippen LogP contribution in [-0.2, 0) is 6.18 Å². The van der Waals surface area contributed by atoms with Crippen molar-refractivity contribution < 1.29 is 17.9 Å². The molecule has 1 aromatic carbocycles. The number of hydrogen-bond acceptors (Lipinski definition) is 4. The first-order valence-corrected chi connectivity index (χ1v) is 10.3. The van der Waals surface area contributed by atoms with E-state index in [4.69, 9.17) is 4.74 Å². The third kappa shape index (κ3) is 3.71. The first-order valence-electron chi connectivity index (χ1n) is 10.3. The number of nitrogens with zero attached hydrogens (tertiary/aromatic N) is 2. The molecule has 0 unspecified atom stereocenters. The molecule has 1 atom stereocenters. The SMILES string of the molecule is C[C@]1(COc2cnccc2-c2[nH]c3cccnc3c2-c2cccc(C(F)(F)F)c2)CCN1. The molecule has 4 aromatic rings. The summed E-state index contributed by atoms with van der Waals surface area (Å²) in [7, 11) is 0. The van der Waals surface area contributed by atoms with E-state index in [1.807, 2.05) is 6.07 Å². The largest absolute Gasteiger partial charge is 0.489 e. The van der Waals surface area contributed by atoms with Gasteiger partial charge in [-0.2, -0.15) is 13.2 Å². The molecule has 1 aliphatic heterocycles. The first kappa shape index (κ1) is 20.5. The Hall–Kier alpha value is -3.39. The summed E-state index contributed by atoms with van der Waals surface area (Å²) in [6.07, 6.45) is 1.47. The monoisotopic (exact) mass is 438 g/mol. The fourth-order valence-corrected chi connectivity index (χ4v) is 3.97. The average Bonchev–Trinajstić information content (AvgIpc) is 3.15. The second-order valence-corrected chi connectivity index (χ2v) is 8.25. The highest BCUT2D eigenvalue weighted by Gasteiger charge is 2.33. The van der Waals surface area contributed by atoms with Gasteiger partial charge in [0.1, 0.15) is 12.4 Å². The molecule has 1 fully saturated rings. The molecule has 3 aromatic heterocycles. The smallest absolute Gasteiger partial charge is 0.416 e. The molecule has 2 N–H and O–H groups in total.